The van der Waals surface area contributed by atoms with Crippen LogP contribution >= 0.6 is 35.5 Å². The lowest BCUT2D eigenvalue weighted by Gasteiger charge is -2.22. The van der Waals surface area contributed by atoms with Gasteiger partial charge in [-0.1, -0.05) is 35.1 Å². The van der Waals surface area contributed by atoms with E-state index in [2.05, 4.69) is 62.1 Å². The molecule has 30 heavy (non-hydrogen) atoms. The number of likely N-dealkylation sites (N-methyl/N-ethyl adjacent to an activating group) is 1. The zero-order valence-electron chi connectivity index (χ0n) is 18.3. The standard InChI is InChI=1S/C23H29N3OS2.ClH/c1-16-6-8-19(9-7-16)28-13-10-21(27)26(12-11-25(4)5)23-24-22-18(3)14-17(2)15-20(22)29-23;/h6-9,14-15H,10-13H2,1-5H3;1H. The number of carbonyl (C=O) groups is 1. The van der Waals surface area contributed by atoms with Crippen LogP contribution in [0.5, 0.6) is 0 Å². The molecule has 4 nitrogen and oxygen atoms in total. The molecular formula is C23H30ClN3OS2. The van der Waals surface area contributed by atoms with Gasteiger partial charge in [0.15, 0.2) is 5.13 Å². The molecule has 1 aromatic heterocycles. The number of thioether (sulfide) groups is 1. The highest BCUT2D eigenvalue weighted by Crippen LogP contribution is 2.32. The third-order valence-electron chi connectivity index (χ3n) is 4.73. The van der Waals surface area contributed by atoms with Crippen molar-refractivity contribution in [1.29, 1.82) is 0 Å². The van der Waals surface area contributed by atoms with E-state index in [0.29, 0.717) is 13.0 Å². The molecule has 0 fully saturated rings. The zero-order valence-corrected chi connectivity index (χ0v) is 20.7. The topological polar surface area (TPSA) is 36.4 Å². The first kappa shape index (κ1) is 24.7. The molecule has 0 aliphatic heterocycles. The number of aromatic nitrogens is 1. The molecule has 0 bridgehead atoms. The van der Waals surface area contributed by atoms with Gasteiger partial charge in [0.25, 0.3) is 0 Å². The second-order valence-electron chi connectivity index (χ2n) is 7.69. The highest BCUT2D eigenvalue weighted by Gasteiger charge is 2.20. The lowest BCUT2D eigenvalue weighted by atomic mass is 10.1. The van der Waals surface area contributed by atoms with Gasteiger partial charge in [0.2, 0.25) is 5.91 Å². The highest BCUT2D eigenvalue weighted by molar-refractivity contribution is 7.99. The molecule has 0 saturated carbocycles. The van der Waals surface area contributed by atoms with Crippen LogP contribution in [0.25, 0.3) is 10.2 Å². The largest absolute Gasteiger partial charge is 0.308 e. The van der Waals surface area contributed by atoms with Crippen molar-refractivity contribution in [2.45, 2.75) is 32.1 Å². The van der Waals surface area contributed by atoms with E-state index in [1.807, 2.05) is 19.0 Å². The maximum absolute atomic E-state index is 13.1. The Balaban J connectivity index is 0.00000320. The number of amides is 1. The van der Waals surface area contributed by atoms with Gasteiger partial charge < -0.3 is 4.90 Å². The summed E-state index contributed by atoms with van der Waals surface area (Å²) in [6.45, 7) is 7.73. The summed E-state index contributed by atoms with van der Waals surface area (Å²) >= 11 is 3.34. The molecule has 3 rings (SSSR count). The zero-order chi connectivity index (χ0) is 21.0. The minimum Gasteiger partial charge on any atom is -0.308 e. The number of carbonyl (C=O) groups excluding carboxylic acids is 1. The molecule has 0 radical (unpaired) electrons. The summed E-state index contributed by atoms with van der Waals surface area (Å²) < 4.78 is 1.15. The van der Waals surface area contributed by atoms with Crippen LogP contribution in [0.15, 0.2) is 41.3 Å². The summed E-state index contributed by atoms with van der Waals surface area (Å²) in [6.07, 6.45) is 0.500. The highest BCUT2D eigenvalue weighted by atomic mass is 35.5. The van der Waals surface area contributed by atoms with Crippen molar-refractivity contribution in [2.75, 3.05) is 37.8 Å². The molecule has 0 atom stereocenters. The van der Waals surface area contributed by atoms with Crippen molar-refractivity contribution >= 4 is 56.8 Å². The van der Waals surface area contributed by atoms with Crippen LogP contribution in [-0.2, 0) is 4.79 Å². The fourth-order valence-corrected chi connectivity index (χ4v) is 5.15. The molecule has 1 amide bonds. The third kappa shape index (κ3) is 6.45. The fraction of sp³-hybridized carbons (Fsp3) is 0.391. The first-order chi connectivity index (χ1) is 13.8. The Kier molecular flexibility index (Phi) is 9.16. The third-order valence-corrected chi connectivity index (χ3v) is 6.77. The van der Waals surface area contributed by atoms with Crippen LogP contribution in [0.1, 0.15) is 23.1 Å². The van der Waals surface area contributed by atoms with Gasteiger partial charge in [-0.05, 0) is 64.2 Å². The Morgan fingerprint density at radius 3 is 2.40 bits per heavy atom. The summed E-state index contributed by atoms with van der Waals surface area (Å²) in [5, 5.41) is 0.806. The van der Waals surface area contributed by atoms with E-state index >= 15 is 0 Å². The van der Waals surface area contributed by atoms with Crippen LogP contribution in [0, 0.1) is 20.8 Å². The molecule has 2 aromatic carbocycles. The van der Waals surface area contributed by atoms with E-state index in [4.69, 9.17) is 4.98 Å². The Bertz CT molecular complexity index is 986. The number of thiazole rings is 1. The number of aryl methyl sites for hydroxylation is 3. The molecular weight excluding hydrogens is 434 g/mol. The second kappa shape index (κ2) is 11.1. The number of fused-ring (bicyclic) bond motifs is 1. The first-order valence-electron chi connectivity index (χ1n) is 9.86. The average Bonchev–Trinajstić information content (AvgIpc) is 3.07. The molecule has 0 unspecified atom stereocenters. The Morgan fingerprint density at radius 2 is 1.73 bits per heavy atom. The smallest absolute Gasteiger partial charge is 0.229 e. The molecule has 0 N–H and O–H groups in total. The minimum absolute atomic E-state index is 0. The van der Waals surface area contributed by atoms with E-state index in [0.717, 1.165) is 33.2 Å². The van der Waals surface area contributed by atoms with Gasteiger partial charge in [-0.25, -0.2) is 4.98 Å². The number of rotatable bonds is 8. The van der Waals surface area contributed by atoms with Gasteiger partial charge in [-0.3, -0.25) is 9.69 Å². The molecule has 1 heterocycles. The minimum atomic E-state index is 0. The normalized spacial score (nSPS) is 11.0. The molecule has 162 valence electrons. The van der Waals surface area contributed by atoms with E-state index in [1.165, 1.54) is 16.0 Å². The van der Waals surface area contributed by atoms with Crippen molar-refractivity contribution in [2.24, 2.45) is 0 Å². The van der Waals surface area contributed by atoms with Crippen molar-refractivity contribution in [3.63, 3.8) is 0 Å². The quantitative estimate of drug-likeness (QED) is 0.400. The lowest BCUT2D eigenvalue weighted by molar-refractivity contribution is -0.118. The monoisotopic (exact) mass is 463 g/mol. The molecule has 3 aromatic rings. The van der Waals surface area contributed by atoms with Crippen LogP contribution in [0.3, 0.4) is 0 Å². The Labute approximate surface area is 194 Å². The fourth-order valence-electron chi connectivity index (χ4n) is 3.13. The van der Waals surface area contributed by atoms with Gasteiger partial charge in [0.05, 0.1) is 10.2 Å². The Morgan fingerprint density at radius 1 is 1.03 bits per heavy atom. The number of halogens is 1. The number of hydrogen-bond acceptors (Lipinski definition) is 5. The molecule has 0 saturated heterocycles. The summed E-state index contributed by atoms with van der Waals surface area (Å²) in [7, 11) is 4.06. The summed E-state index contributed by atoms with van der Waals surface area (Å²) in [5.74, 6) is 0.906. The summed E-state index contributed by atoms with van der Waals surface area (Å²) in [4.78, 5) is 23.1. The molecule has 0 spiro atoms. The lowest BCUT2D eigenvalue weighted by Crippen LogP contribution is -2.36. The van der Waals surface area contributed by atoms with Crippen LogP contribution in [0.2, 0.25) is 0 Å². The number of anilines is 1. The second-order valence-corrected chi connectivity index (χ2v) is 9.86. The van der Waals surface area contributed by atoms with Gasteiger partial charge in [-0.15, -0.1) is 24.2 Å². The van der Waals surface area contributed by atoms with E-state index in [-0.39, 0.29) is 18.3 Å². The van der Waals surface area contributed by atoms with Gasteiger partial charge in [0, 0.05) is 30.2 Å². The molecule has 7 heteroatoms. The first-order valence-corrected chi connectivity index (χ1v) is 11.7. The van der Waals surface area contributed by atoms with Gasteiger partial charge in [-0.2, -0.15) is 0 Å². The van der Waals surface area contributed by atoms with Crippen molar-refractivity contribution in [3.05, 3.63) is 53.1 Å². The number of hydrogen-bond donors (Lipinski definition) is 0. The van der Waals surface area contributed by atoms with Crippen LogP contribution in [0.4, 0.5) is 5.13 Å². The van der Waals surface area contributed by atoms with Crippen molar-refractivity contribution in [1.82, 2.24) is 9.88 Å². The predicted molar refractivity (Wildman–Crippen MR) is 134 cm³/mol. The van der Waals surface area contributed by atoms with Crippen molar-refractivity contribution in [3.8, 4) is 0 Å². The SMILES string of the molecule is Cc1ccc(SCCC(=O)N(CCN(C)C)c2nc3c(C)cc(C)cc3s2)cc1.Cl. The van der Waals surface area contributed by atoms with E-state index < -0.39 is 0 Å². The van der Waals surface area contributed by atoms with Crippen molar-refractivity contribution < 1.29 is 4.79 Å². The number of benzene rings is 2. The Hall–Kier alpha value is -1.60. The predicted octanol–water partition coefficient (Wildman–Crippen LogP) is 5.72. The van der Waals surface area contributed by atoms with E-state index in [9.17, 15) is 4.79 Å². The maximum Gasteiger partial charge on any atom is 0.229 e. The molecule has 0 aliphatic carbocycles. The van der Waals surface area contributed by atoms with E-state index in [1.54, 1.807) is 23.1 Å². The average molecular weight is 464 g/mol. The molecule has 0 aliphatic rings. The maximum atomic E-state index is 13.1. The summed E-state index contributed by atoms with van der Waals surface area (Å²) in [6, 6.07) is 12.8. The summed E-state index contributed by atoms with van der Waals surface area (Å²) in [5.41, 5.74) is 4.65. The number of nitrogens with zero attached hydrogens (tertiary/aromatic N) is 3. The van der Waals surface area contributed by atoms with Gasteiger partial charge in [0.1, 0.15) is 0 Å². The van der Waals surface area contributed by atoms with Gasteiger partial charge >= 0.3 is 0 Å². The van der Waals surface area contributed by atoms with Crippen LogP contribution < -0.4 is 4.90 Å². The van der Waals surface area contributed by atoms with Crippen LogP contribution in [-0.4, -0.2) is 48.7 Å².